The van der Waals surface area contributed by atoms with E-state index in [9.17, 15) is 13.2 Å². The Kier molecular flexibility index (Phi) is 7.48. The second-order valence-electron chi connectivity index (χ2n) is 8.09. The Balaban J connectivity index is 1.41. The molecule has 2 saturated heterocycles. The van der Waals surface area contributed by atoms with Gasteiger partial charge < -0.3 is 9.64 Å². The lowest BCUT2D eigenvalue weighted by atomic mass is 9.88. The highest BCUT2D eigenvalue weighted by atomic mass is 32.2. The normalized spacial score (nSPS) is 19.7. The summed E-state index contributed by atoms with van der Waals surface area (Å²) in [5, 5.41) is 0. The number of sulfonamides is 1. The van der Waals surface area contributed by atoms with E-state index >= 15 is 0 Å². The quantitative estimate of drug-likeness (QED) is 0.749. The zero-order valence-corrected chi connectivity index (χ0v) is 17.5. The van der Waals surface area contributed by atoms with Crippen LogP contribution in [0.5, 0.6) is 0 Å². The first-order valence-corrected chi connectivity index (χ1v) is 12.2. The van der Waals surface area contributed by atoms with Crippen molar-refractivity contribution in [3.8, 4) is 0 Å². The fraction of sp³-hybridized carbons (Fsp3) is 0.667. The van der Waals surface area contributed by atoms with Gasteiger partial charge in [0.1, 0.15) is 0 Å². The van der Waals surface area contributed by atoms with Gasteiger partial charge in [0, 0.05) is 38.8 Å². The first kappa shape index (κ1) is 21.3. The molecule has 2 heterocycles. The van der Waals surface area contributed by atoms with Gasteiger partial charge in [0.15, 0.2) is 0 Å². The maximum atomic E-state index is 12.6. The molecule has 156 valence electrons. The van der Waals surface area contributed by atoms with Crippen LogP contribution in [0.2, 0.25) is 0 Å². The monoisotopic (exact) mass is 408 g/mol. The van der Waals surface area contributed by atoms with E-state index in [2.05, 4.69) is 33.9 Å². The number of ether oxygens (including phenoxy) is 1. The summed E-state index contributed by atoms with van der Waals surface area (Å²) in [6.07, 6.45) is 6.78. The Labute approximate surface area is 168 Å². The van der Waals surface area contributed by atoms with E-state index in [4.69, 9.17) is 4.74 Å². The number of carbonyl (C=O) groups excluding carboxylic acids is 1. The molecule has 0 aliphatic carbocycles. The number of rotatable bonds is 7. The fourth-order valence-corrected chi connectivity index (χ4v) is 4.59. The number of carbonyl (C=O) groups is 1. The third-order valence-electron chi connectivity index (χ3n) is 5.82. The maximum Gasteiger partial charge on any atom is 0.225 e. The molecule has 3 rings (SSSR count). The molecule has 0 aromatic heterocycles. The van der Waals surface area contributed by atoms with E-state index in [0.29, 0.717) is 38.0 Å². The molecule has 1 amide bonds. The van der Waals surface area contributed by atoms with E-state index in [-0.39, 0.29) is 5.92 Å². The van der Waals surface area contributed by atoms with Crippen LogP contribution >= 0.6 is 0 Å². The smallest absolute Gasteiger partial charge is 0.225 e. The van der Waals surface area contributed by atoms with Crippen LogP contribution < -0.4 is 4.72 Å². The van der Waals surface area contributed by atoms with Crippen LogP contribution in [-0.2, 0) is 32.4 Å². The molecule has 2 aliphatic rings. The fourth-order valence-electron chi connectivity index (χ4n) is 4.12. The van der Waals surface area contributed by atoms with Crippen LogP contribution in [0.4, 0.5) is 0 Å². The van der Waals surface area contributed by atoms with E-state index in [1.165, 1.54) is 11.8 Å². The van der Waals surface area contributed by atoms with Crippen LogP contribution in [0, 0.1) is 11.8 Å². The highest BCUT2D eigenvalue weighted by Crippen LogP contribution is 2.25. The SMILES string of the molecule is CS(=O)(=O)NCCc1ccc(CC2CCN(C(=O)C3CCOCC3)CC2)cc1. The predicted octanol–water partition coefficient (Wildman–Crippen LogP) is 1.99. The van der Waals surface area contributed by atoms with Crippen LogP contribution in [-0.4, -0.2) is 58.3 Å². The van der Waals surface area contributed by atoms with Crippen LogP contribution in [0.1, 0.15) is 36.8 Å². The van der Waals surface area contributed by atoms with E-state index in [0.717, 1.165) is 50.8 Å². The van der Waals surface area contributed by atoms with Crippen molar-refractivity contribution in [2.45, 2.75) is 38.5 Å². The maximum absolute atomic E-state index is 12.6. The molecule has 1 aromatic carbocycles. The Bertz CT molecular complexity index is 734. The molecule has 0 atom stereocenters. The predicted molar refractivity (Wildman–Crippen MR) is 110 cm³/mol. The van der Waals surface area contributed by atoms with Gasteiger partial charge in [-0.25, -0.2) is 13.1 Å². The van der Waals surface area contributed by atoms with Gasteiger partial charge in [-0.3, -0.25) is 4.79 Å². The molecule has 6 nitrogen and oxygen atoms in total. The Morgan fingerprint density at radius 2 is 1.68 bits per heavy atom. The second kappa shape index (κ2) is 9.85. The van der Waals surface area contributed by atoms with E-state index in [1.807, 2.05) is 0 Å². The van der Waals surface area contributed by atoms with Gasteiger partial charge in [-0.05, 0) is 55.6 Å². The highest BCUT2D eigenvalue weighted by molar-refractivity contribution is 7.88. The Hall–Kier alpha value is -1.44. The lowest BCUT2D eigenvalue weighted by molar-refractivity contribution is -0.139. The number of amides is 1. The molecule has 0 bridgehead atoms. The van der Waals surface area contributed by atoms with E-state index < -0.39 is 10.0 Å². The first-order chi connectivity index (χ1) is 13.4. The summed E-state index contributed by atoms with van der Waals surface area (Å²) in [5.74, 6) is 1.11. The number of nitrogens with one attached hydrogen (secondary N) is 1. The van der Waals surface area contributed by atoms with Gasteiger partial charge in [-0.2, -0.15) is 0 Å². The van der Waals surface area contributed by atoms with Crippen LogP contribution in [0.25, 0.3) is 0 Å². The minimum Gasteiger partial charge on any atom is -0.381 e. The third-order valence-corrected chi connectivity index (χ3v) is 6.55. The molecular formula is C21H32N2O4S. The average molecular weight is 409 g/mol. The first-order valence-electron chi connectivity index (χ1n) is 10.3. The summed E-state index contributed by atoms with van der Waals surface area (Å²) in [4.78, 5) is 14.7. The molecular weight excluding hydrogens is 376 g/mol. The minimum absolute atomic E-state index is 0.162. The molecule has 0 spiro atoms. The van der Waals surface area contributed by atoms with Gasteiger partial charge >= 0.3 is 0 Å². The third kappa shape index (κ3) is 6.57. The summed E-state index contributed by atoms with van der Waals surface area (Å²) in [6, 6.07) is 8.47. The molecule has 7 heteroatoms. The zero-order valence-electron chi connectivity index (χ0n) is 16.7. The number of nitrogens with zero attached hydrogens (tertiary/aromatic N) is 1. The molecule has 2 aliphatic heterocycles. The van der Waals surface area contributed by atoms with Gasteiger partial charge in [0.25, 0.3) is 0 Å². The largest absolute Gasteiger partial charge is 0.381 e. The standard InChI is InChI=1S/C21H32N2O4S/c1-28(25,26)22-11-6-17-2-4-18(5-3-17)16-19-7-12-23(13-8-19)21(24)20-9-14-27-15-10-20/h2-5,19-20,22H,6-16H2,1H3. The average Bonchev–Trinajstić information content (AvgIpc) is 2.69. The van der Waals surface area contributed by atoms with Gasteiger partial charge in [-0.1, -0.05) is 24.3 Å². The van der Waals surface area contributed by atoms with Crippen molar-refractivity contribution in [3.05, 3.63) is 35.4 Å². The minimum atomic E-state index is -3.12. The van der Waals surface area contributed by atoms with Gasteiger partial charge in [-0.15, -0.1) is 0 Å². The van der Waals surface area contributed by atoms with Crippen molar-refractivity contribution in [3.63, 3.8) is 0 Å². The number of hydrogen-bond donors (Lipinski definition) is 1. The molecule has 1 N–H and O–H groups in total. The molecule has 0 unspecified atom stereocenters. The lowest BCUT2D eigenvalue weighted by Gasteiger charge is -2.35. The summed E-state index contributed by atoms with van der Waals surface area (Å²) >= 11 is 0. The molecule has 1 aromatic rings. The second-order valence-corrected chi connectivity index (χ2v) is 9.93. The zero-order chi connectivity index (χ0) is 20.0. The lowest BCUT2D eigenvalue weighted by Crippen LogP contribution is -2.43. The Morgan fingerprint density at radius 1 is 1.07 bits per heavy atom. The van der Waals surface area contributed by atoms with Crippen molar-refractivity contribution < 1.29 is 17.9 Å². The highest BCUT2D eigenvalue weighted by Gasteiger charge is 2.29. The number of likely N-dealkylation sites (tertiary alicyclic amines) is 1. The molecule has 28 heavy (non-hydrogen) atoms. The van der Waals surface area contributed by atoms with Gasteiger partial charge in [0.05, 0.1) is 6.26 Å². The molecule has 0 saturated carbocycles. The van der Waals surface area contributed by atoms with Crippen molar-refractivity contribution in [2.24, 2.45) is 11.8 Å². The van der Waals surface area contributed by atoms with Crippen molar-refractivity contribution in [2.75, 3.05) is 39.1 Å². The van der Waals surface area contributed by atoms with Crippen molar-refractivity contribution in [1.82, 2.24) is 9.62 Å². The van der Waals surface area contributed by atoms with Crippen LogP contribution in [0.15, 0.2) is 24.3 Å². The Morgan fingerprint density at radius 3 is 2.29 bits per heavy atom. The number of hydrogen-bond acceptors (Lipinski definition) is 4. The van der Waals surface area contributed by atoms with Crippen molar-refractivity contribution >= 4 is 15.9 Å². The van der Waals surface area contributed by atoms with E-state index in [1.54, 1.807) is 0 Å². The molecule has 0 radical (unpaired) electrons. The van der Waals surface area contributed by atoms with Crippen molar-refractivity contribution in [1.29, 1.82) is 0 Å². The summed E-state index contributed by atoms with van der Waals surface area (Å²) in [5.41, 5.74) is 2.45. The summed E-state index contributed by atoms with van der Waals surface area (Å²) in [6.45, 7) is 3.60. The summed E-state index contributed by atoms with van der Waals surface area (Å²) in [7, 11) is -3.12. The number of piperidine rings is 1. The summed E-state index contributed by atoms with van der Waals surface area (Å²) < 4.78 is 30.1. The topological polar surface area (TPSA) is 75.7 Å². The molecule has 2 fully saturated rings. The number of benzene rings is 1. The van der Waals surface area contributed by atoms with Crippen LogP contribution in [0.3, 0.4) is 0 Å². The van der Waals surface area contributed by atoms with Gasteiger partial charge in [0.2, 0.25) is 15.9 Å².